The molecule has 102 valence electrons. The molecule has 0 radical (unpaired) electrons. The van der Waals surface area contributed by atoms with E-state index in [0.717, 1.165) is 32.4 Å². The van der Waals surface area contributed by atoms with Crippen molar-refractivity contribution in [3.63, 3.8) is 0 Å². The fourth-order valence-corrected chi connectivity index (χ4v) is 2.13. The summed E-state index contributed by atoms with van der Waals surface area (Å²) >= 11 is 0. The van der Waals surface area contributed by atoms with Gasteiger partial charge in [-0.2, -0.15) is 0 Å². The highest BCUT2D eigenvalue weighted by Gasteiger charge is 2.35. The molecule has 0 saturated heterocycles. The topological polar surface area (TPSA) is 9.23 Å². The standard InChI is InChI=1S/C12H20F2O.C2H6/c1-11(13,14)6-3-4-7-12(10-15-2)8-5-9-12;1-2/h3,6H,4-5,7-10H2,1-2H3;1-2H3/b6-3+;. The number of halogens is 2. The van der Waals surface area contributed by atoms with E-state index >= 15 is 0 Å². The lowest BCUT2D eigenvalue weighted by atomic mass is 9.66. The van der Waals surface area contributed by atoms with Crippen molar-refractivity contribution in [3.8, 4) is 0 Å². The predicted molar refractivity (Wildman–Crippen MR) is 68.5 cm³/mol. The van der Waals surface area contributed by atoms with Crippen molar-refractivity contribution < 1.29 is 13.5 Å². The predicted octanol–water partition coefficient (Wildman–Crippen LogP) is 4.82. The van der Waals surface area contributed by atoms with Crippen LogP contribution in [0.5, 0.6) is 0 Å². The highest BCUT2D eigenvalue weighted by molar-refractivity contribution is 4.95. The molecular formula is C14H26F2O. The molecule has 0 bridgehead atoms. The summed E-state index contributed by atoms with van der Waals surface area (Å²) in [6.07, 6.45) is 7.88. The fraction of sp³-hybridized carbons (Fsp3) is 0.857. The van der Waals surface area contributed by atoms with Gasteiger partial charge >= 0.3 is 0 Å². The third-order valence-corrected chi connectivity index (χ3v) is 3.12. The number of rotatable bonds is 6. The minimum absolute atomic E-state index is 0.280. The van der Waals surface area contributed by atoms with E-state index in [2.05, 4.69) is 0 Å². The third kappa shape index (κ3) is 6.77. The Morgan fingerprint density at radius 2 is 1.88 bits per heavy atom. The Morgan fingerprint density at radius 3 is 2.24 bits per heavy atom. The minimum Gasteiger partial charge on any atom is -0.384 e. The second-order valence-corrected chi connectivity index (χ2v) is 4.68. The molecular weight excluding hydrogens is 222 g/mol. The second-order valence-electron chi connectivity index (χ2n) is 4.68. The van der Waals surface area contributed by atoms with Crippen molar-refractivity contribution >= 4 is 0 Å². The molecule has 1 saturated carbocycles. The van der Waals surface area contributed by atoms with Gasteiger partial charge < -0.3 is 4.74 Å². The number of hydrogen-bond acceptors (Lipinski definition) is 1. The van der Waals surface area contributed by atoms with Gasteiger partial charge in [0, 0.05) is 14.0 Å². The van der Waals surface area contributed by atoms with Gasteiger partial charge in [-0.15, -0.1) is 0 Å². The highest BCUT2D eigenvalue weighted by atomic mass is 19.3. The lowest BCUT2D eigenvalue weighted by Crippen LogP contribution is -2.33. The van der Waals surface area contributed by atoms with Crippen molar-refractivity contribution in [2.45, 2.75) is 58.8 Å². The summed E-state index contributed by atoms with van der Waals surface area (Å²) in [5.41, 5.74) is 0.280. The molecule has 0 N–H and O–H groups in total. The molecule has 0 aliphatic heterocycles. The molecule has 1 aliphatic rings. The van der Waals surface area contributed by atoms with Gasteiger partial charge in [0.05, 0.1) is 6.61 Å². The Morgan fingerprint density at radius 1 is 1.29 bits per heavy atom. The summed E-state index contributed by atoms with van der Waals surface area (Å²) in [4.78, 5) is 0. The molecule has 1 rings (SSSR count). The smallest absolute Gasteiger partial charge is 0.263 e. The van der Waals surface area contributed by atoms with Gasteiger partial charge in [-0.05, 0) is 37.2 Å². The van der Waals surface area contributed by atoms with Crippen LogP contribution in [-0.2, 0) is 4.74 Å². The van der Waals surface area contributed by atoms with Crippen LogP contribution < -0.4 is 0 Å². The monoisotopic (exact) mass is 248 g/mol. The molecule has 0 unspecified atom stereocenters. The first-order chi connectivity index (χ1) is 7.97. The van der Waals surface area contributed by atoms with E-state index in [1.807, 2.05) is 13.8 Å². The van der Waals surface area contributed by atoms with E-state index in [4.69, 9.17) is 4.74 Å². The normalized spacial score (nSPS) is 18.5. The number of allylic oxidation sites excluding steroid dienone is 2. The second kappa shape index (κ2) is 7.80. The largest absolute Gasteiger partial charge is 0.384 e. The molecule has 0 amide bonds. The minimum atomic E-state index is -2.67. The van der Waals surface area contributed by atoms with Crippen LogP contribution >= 0.6 is 0 Å². The molecule has 17 heavy (non-hydrogen) atoms. The van der Waals surface area contributed by atoms with Crippen LogP contribution in [0.2, 0.25) is 0 Å². The van der Waals surface area contributed by atoms with Crippen molar-refractivity contribution in [1.82, 2.24) is 0 Å². The van der Waals surface area contributed by atoms with E-state index in [0.29, 0.717) is 0 Å². The molecule has 0 aromatic carbocycles. The Kier molecular flexibility index (Phi) is 7.60. The highest BCUT2D eigenvalue weighted by Crippen LogP contribution is 2.45. The summed E-state index contributed by atoms with van der Waals surface area (Å²) in [5, 5.41) is 0. The lowest BCUT2D eigenvalue weighted by Gasteiger charge is -2.41. The maximum Gasteiger partial charge on any atom is 0.263 e. The van der Waals surface area contributed by atoms with Gasteiger partial charge in [0.15, 0.2) is 0 Å². The molecule has 0 heterocycles. The Labute approximate surface area is 104 Å². The number of hydrogen-bond donors (Lipinski definition) is 0. The Hall–Kier alpha value is -0.440. The van der Waals surface area contributed by atoms with E-state index in [1.165, 1.54) is 19.3 Å². The van der Waals surface area contributed by atoms with Crippen LogP contribution in [0.4, 0.5) is 8.78 Å². The summed E-state index contributed by atoms with van der Waals surface area (Å²) in [6.45, 7) is 5.68. The van der Waals surface area contributed by atoms with Crippen LogP contribution in [-0.4, -0.2) is 19.6 Å². The lowest BCUT2D eigenvalue weighted by molar-refractivity contribution is 0.0110. The first-order valence-electron chi connectivity index (χ1n) is 6.52. The van der Waals surface area contributed by atoms with Crippen molar-refractivity contribution in [2.75, 3.05) is 13.7 Å². The zero-order valence-corrected chi connectivity index (χ0v) is 11.6. The summed E-state index contributed by atoms with van der Waals surface area (Å²) in [7, 11) is 1.70. The third-order valence-electron chi connectivity index (χ3n) is 3.12. The van der Waals surface area contributed by atoms with Gasteiger partial charge in [0.2, 0.25) is 0 Å². The first kappa shape index (κ1) is 16.6. The molecule has 1 nitrogen and oxygen atoms in total. The van der Waals surface area contributed by atoms with Gasteiger partial charge in [-0.1, -0.05) is 26.3 Å². The van der Waals surface area contributed by atoms with Crippen molar-refractivity contribution in [2.24, 2.45) is 5.41 Å². The van der Waals surface area contributed by atoms with Crippen LogP contribution in [0.1, 0.15) is 52.9 Å². The quantitative estimate of drug-likeness (QED) is 0.612. The first-order valence-corrected chi connectivity index (χ1v) is 6.52. The SMILES string of the molecule is CC.COCC1(CC/C=C/C(C)(F)F)CCC1. The number of methoxy groups -OCH3 is 1. The zero-order chi connectivity index (χ0) is 13.4. The molecule has 1 aliphatic carbocycles. The fourth-order valence-electron chi connectivity index (χ4n) is 2.13. The average molecular weight is 248 g/mol. The van der Waals surface area contributed by atoms with Gasteiger partial charge in [-0.3, -0.25) is 0 Å². The summed E-state index contributed by atoms with van der Waals surface area (Å²) in [6, 6.07) is 0. The number of alkyl halides is 2. The summed E-state index contributed by atoms with van der Waals surface area (Å²) in [5.74, 6) is -2.67. The molecule has 0 aromatic rings. The molecule has 3 heteroatoms. The zero-order valence-electron chi connectivity index (χ0n) is 11.6. The van der Waals surface area contributed by atoms with E-state index in [1.54, 1.807) is 13.2 Å². The molecule has 1 fully saturated rings. The maximum atomic E-state index is 12.5. The average Bonchev–Trinajstić information content (AvgIpc) is 2.22. The van der Waals surface area contributed by atoms with Gasteiger partial charge in [0.1, 0.15) is 0 Å². The molecule has 0 aromatic heterocycles. The number of ether oxygens (including phenoxy) is 1. The summed E-state index contributed by atoms with van der Waals surface area (Å²) < 4.78 is 30.1. The molecule has 0 spiro atoms. The molecule has 0 atom stereocenters. The van der Waals surface area contributed by atoms with E-state index in [-0.39, 0.29) is 5.41 Å². The van der Waals surface area contributed by atoms with Crippen molar-refractivity contribution in [3.05, 3.63) is 12.2 Å². The van der Waals surface area contributed by atoms with Crippen LogP contribution in [0.25, 0.3) is 0 Å². The van der Waals surface area contributed by atoms with Crippen LogP contribution in [0.3, 0.4) is 0 Å². The van der Waals surface area contributed by atoms with Crippen LogP contribution in [0.15, 0.2) is 12.2 Å². The Balaban J connectivity index is 0.00000121. The van der Waals surface area contributed by atoms with Crippen molar-refractivity contribution in [1.29, 1.82) is 0 Å². The van der Waals surface area contributed by atoms with Gasteiger partial charge in [0.25, 0.3) is 5.92 Å². The Bertz CT molecular complexity index is 215. The van der Waals surface area contributed by atoms with E-state index in [9.17, 15) is 8.78 Å². The van der Waals surface area contributed by atoms with E-state index < -0.39 is 5.92 Å². The van der Waals surface area contributed by atoms with Crippen LogP contribution in [0, 0.1) is 5.41 Å². The van der Waals surface area contributed by atoms with Gasteiger partial charge in [-0.25, -0.2) is 8.78 Å². The maximum absolute atomic E-state index is 12.5.